The van der Waals surface area contributed by atoms with Crippen LogP contribution in [0.1, 0.15) is 49.1 Å². The molecule has 6 rings (SSSR count). The van der Waals surface area contributed by atoms with Gasteiger partial charge >= 0.3 is 5.97 Å². The van der Waals surface area contributed by atoms with Gasteiger partial charge in [-0.05, 0) is 81.1 Å². The predicted octanol–water partition coefficient (Wildman–Crippen LogP) is 6.34. The van der Waals surface area contributed by atoms with Crippen LogP contribution in [-0.4, -0.2) is 43.3 Å². The van der Waals surface area contributed by atoms with Gasteiger partial charge in [0.25, 0.3) is 0 Å². The molecule has 3 aromatic heterocycles. The van der Waals surface area contributed by atoms with Gasteiger partial charge in [0, 0.05) is 34.5 Å². The summed E-state index contributed by atoms with van der Waals surface area (Å²) in [7, 11) is 0. The third kappa shape index (κ3) is 4.00. The van der Waals surface area contributed by atoms with Crippen LogP contribution in [0.2, 0.25) is 0 Å². The summed E-state index contributed by atoms with van der Waals surface area (Å²) < 4.78 is 26.2. The molecule has 0 bridgehead atoms. The first-order valence-corrected chi connectivity index (χ1v) is 13.0. The lowest BCUT2D eigenvalue weighted by Gasteiger charge is -2.30. The minimum atomic E-state index is -1.36. The first kappa shape index (κ1) is 25.9. The van der Waals surface area contributed by atoms with E-state index in [4.69, 9.17) is 14.5 Å². The number of ether oxygens (including phenoxy) is 2. The van der Waals surface area contributed by atoms with Crippen molar-refractivity contribution in [1.82, 2.24) is 15.0 Å². The van der Waals surface area contributed by atoms with Crippen molar-refractivity contribution in [3.05, 3.63) is 64.7 Å². The number of hydrogen-bond acceptors (Lipinski definition) is 7. The third-order valence-corrected chi connectivity index (χ3v) is 7.36. The summed E-state index contributed by atoms with van der Waals surface area (Å²) in [5.41, 5.74) is 4.59. The zero-order chi connectivity index (χ0) is 28.5. The lowest BCUT2D eigenvalue weighted by atomic mass is 9.84. The first-order chi connectivity index (χ1) is 19.0. The van der Waals surface area contributed by atoms with Gasteiger partial charge in [0.15, 0.2) is 6.10 Å². The first-order valence-electron chi connectivity index (χ1n) is 13.0. The van der Waals surface area contributed by atoms with Crippen molar-refractivity contribution in [2.24, 2.45) is 0 Å². The minimum absolute atomic E-state index is 0.165. The lowest BCUT2D eigenvalue weighted by molar-refractivity contribution is -0.160. The highest BCUT2D eigenvalue weighted by atomic mass is 19.1. The Hall–Kier alpha value is -4.37. The van der Waals surface area contributed by atoms with Crippen LogP contribution >= 0.6 is 0 Å². The van der Waals surface area contributed by atoms with Crippen molar-refractivity contribution in [3.63, 3.8) is 0 Å². The molecule has 1 aliphatic rings. The van der Waals surface area contributed by atoms with Crippen LogP contribution in [-0.2, 0) is 16.0 Å². The van der Waals surface area contributed by atoms with Crippen LogP contribution in [0.25, 0.3) is 43.8 Å². The second-order valence-corrected chi connectivity index (χ2v) is 11.1. The number of benzene rings is 2. The number of carboxylic acids is 1. The zero-order valence-electron chi connectivity index (χ0n) is 22.8. The topological polar surface area (TPSA) is 115 Å². The van der Waals surface area contributed by atoms with E-state index >= 15 is 0 Å². The quantitative estimate of drug-likeness (QED) is 0.254. The summed E-state index contributed by atoms with van der Waals surface area (Å²) in [5, 5.41) is 22.9. The van der Waals surface area contributed by atoms with Crippen LogP contribution < -0.4 is 4.74 Å². The number of aromatic hydroxyl groups is 1. The van der Waals surface area contributed by atoms with E-state index in [0.29, 0.717) is 56.4 Å². The Morgan fingerprint density at radius 1 is 1.07 bits per heavy atom. The number of halogens is 1. The number of pyridine rings is 3. The summed E-state index contributed by atoms with van der Waals surface area (Å²) in [6, 6.07) is 6.93. The Morgan fingerprint density at radius 3 is 2.58 bits per heavy atom. The zero-order valence-corrected chi connectivity index (χ0v) is 22.8. The molecule has 0 amide bonds. The number of rotatable bonds is 4. The van der Waals surface area contributed by atoms with Crippen molar-refractivity contribution in [1.29, 1.82) is 0 Å². The van der Waals surface area contributed by atoms with E-state index in [9.17, 15) is 19.4 Å². The maximum atomic E-state index is 14.1. The van der Waals surface area contributed by atoms with Gasteiger partial charge in [-0.3, -0.25) is 9.97 Å². The maximum Gasteiger partial charge on any atom is 0.337 e. The molecule has 0 fully saturated rings. The van der Waals surface area contributed by atoms with Gasteiger partial charge < -0.3 is 19.7 Å². The molecule has 204 valence electrons. The van der Waals surface area contributed by atoms with Crippen LogP contribution in [0.15, 0.2) is 36.7 Å². The van der Waals surface area contributed by atoms with Crippen molar-refractivity contribution in [3.8, 4) is 22.8 Å². The van der Waals surface area contributed by atoms with Crippen LogP contribution in [0, 0.1) is 19.7 Å². The Kier molecular flexibility index (Phi) is 5.88. The maximum absolute atomic E-state index is 14.1. The van der Waals surface area contributed by atoms with E-state index in [2.05, 4.69) is 9.97 Å². The summed E-state index contributed by atoms with van der Waals surface area (Å²) in [6.07, 6.45) is 2.21. The molecular weight excluding hydrogens is 513 g/mol. The minimum Gasteiger partial charge on any atom is -0.493 e. The molecule has 40 heavy (non-hydrogen) atoms. The summed E-state index contributed by atoms with van der Waals surface area (Å²) in [5.74, 6) is -1.44. The molecule has 0 radical (unpaired) electrons. The number of fused-ring (bicyclic) bond motifs is 3. The Bertz CT molecular complexity index is 1870. The number of aromatic nitrogens is 3. The molecule has 0 aliphatic carbocycles. The predicted molar refractivity (Wildman–Crippen MR) is 149 cm³/mol. The molecule has 0 unspecified atom stereocenters. The summed E-state index contributed by atoms with van der Waals surface area (Å²) >= 11 is 0. The van der Waals surface area contributed by atoms with Gasteiger partial charge in [0.2, 0.25) is 5.88 Å². The smallest absolute Gasteiger partial charge is 0.337 e. The molecule has 5 aromatic rings. The molecule has 8 nitrogen and oxygen atoms in total. The van der Waals surface area contributed by atoms with Crippen molar-refractivity contribution >= 4 is 38.7 Å². The van der Waals surface area contributed by atoms with Gasteiger partial charge in [-0.1, -0.05) is 0 Å². The Morgan fingerprint density at radius 2 is 1.85 bits per heavy atom. The fourth-order valence-corrected chi connectivity index (χ4v) is 5.78. The van der Waals surface area contributed by atoms with Crippen LogP contribution in [0.5, 0.6) is 11.6 Å². The highest BCUT2D eigenvalue weighted by molar-refractivity contribution is 6.12. The van der Waals surface area contributed by atoms with E-state index in [1.165, 1.54) is 6.07 Å². The normalized spacial score (nSPS) is 14.1. The molecule has 9 heteroatoms. The van der Waals surface area contributed by atoms with Crippen molar-refractivity contribution in [2.45, 2.75) is 52.7 Å². The molecule has 1 aliphatic heterocycles. The van der Waals surface area contributed by atoms with Gasteiger partial charge in [-0.25, -0.2) is 14.2 Å². The van der Waals surface area contributed by atoms with E-state index in [-0.39, 0.29) is 11.3 Å². The molecule has 4 heterocycles. The number of hydrogen-bond donors (Lipinski definition) is 2. The Labute approximate surface area is 229 Å². The summed E-state index contributed by atoms with van der Waals surface area (Å²) in [4.78, 5) is 26.3. The number of carboxylic acid groups (broad SMARTS) is 1. The average Bonchev–Trinajstić information content (AvgIpc) is 2.90. The molecule has 0 saturated heterocycles. The van der Waals surface area contributed by atoms with Crippen LogP contribution in [0.4, 0.5) is 4.39 Å². The SMILES string of the molecule is Cc1c([C@H](OC(C)(C)C)C(=O)O)c(-c2ccc3c4c(ccnc24)CCO3)c(C)c2c1nc(O)c1cc(F)cnc12. The molecule has 1 atom stereocenters. The largest absolute Gasteiger partial charge is 0.493 e. The second kappa shape index (κ2) is 9.09. The van der Waals surface area contributed by atoms with Gasteiger partial charge in [-0.15, -0.1) is 0 Å². The number of aryl methyl sites for hydroxylation is 2. The fraction of sp³-hybridized carbons (Fsp3) is 0.290. The monoisotopic (exact) mass is 541 g/mol. The third-order valence-electron chi connectivity index (χ3n) is 7.36. The van der Waals surface area contributed by atoms with Crippen molar-refractivity contribution in [2.75, 3.05) is 6.61 Å². The van der Waals surface area contributed by atoms with E-state index < -0.39 is 23.5 Å². The molecule has 2 aromatic carbocycles. The molecule has 0 saturated carbocycles. The highest BCUT2D eigenvalue weighted by Crippen LogP contribution is 2.47. The summed E-state index contributed by atoms with van der Waals surface area (Å²) in [6.45, 7) is 9.56. The molecule has 0 spiro atoms. The fourth-order valence-electron chi connectivity index (χ4n) is 5.78. The number of aliphatic carboxylic acids is 1. The van der Waals surface area contributed by atoms with Gasteiger partial charge in [0.05, 0.1) is 40.3 Å². The van der Waals surface area contributed by atoms with Gasteiger partial charge in [-0.2, -0.15) is 0 Å². The van der Waals surface area contributed by atoms with E-state index in [1.807, 2.05) is 25.1 Å². The Balaban J connectivity index is 1.82. The van der Waals surface area contributed by atoms with Crippen molar-refractivity contribution < 1.29 is 28.9 Å². The molecular formula is C31H28FN3O5. The highest BCUT2D eigenvalue weighted by Gasteiger charge is 2.34. The number of carbonyl (C=O) groups is 1. The van der Waals surface area contributed by atoms with E-state index in [0.717, 1.165) is 29.3 Å². The average molecular weight is 542 g/mol. The van der Waals surface area contributed by atoms with Gasteiger partial charge in [0.1, 0.15) is 11.6 Å². The number of nitrogens with zero attached hydrogens (tertiary/aromatic N) is 3. The standard InChI is InChI=1S/C31H28FN3O5/c1-14-21(18-6-7-20-24-16(9-11-39-20)8-10-33-26(18)24)22(28(30(37)38)40-31(3,4)5)15(2)25-23(14)27-19(29(36)35-25)12-17(32)13-34-27/h6-8,10,12-13,28H,9,11H2,1-5H3,(H,35,36)(H,37,38)/t28-/m0/s1. The van der Waals surface area contributed by atoms with Crippen LogP contribution in [0.3, 0.4) is 0 Å². The van der Waals surface area contributed by atoms with E-state index in [1.54, 1.807) is 33.9 Å². The molecule has 2 N–H and O–H groups in total. The second-order valence-electron chi connectivity index (χ2n) is 11.1. The lowest BCUT2D eigenvalue weighted by Crippen LogP contribution is -2.28.